The Kier molecular flexibility index (Phi) is 7.68. The molecule has 7 nitrogen and oxygen atoms in total. The Morgan fingerprint density at radius 3 is 2.23 bits per heavy atom. The molecule has 1 saturated heterocycles. The summed E-state index contributed by atoms with van der Waals surface area (Å²) in [5.74, 6) is 1.55. The standard InChI is InChI=1S/C21H23ClN6O.ClH/c1-2-15-6-8-17(9-7-15)23-19-25-20(24-18-5-3-4-16(22)14-18)27-21(26-19)28-10-12-29-13-11-28;/h3-9,14H,2,10-13H2,1H3,(H2,23,24,25,26,27);1H. The van der Waals surface area contributed by atoms with Crippen LogP contribution in [0.25, 0.3) is 0 Å². The fourth-order valence-electron chi connectivity index (χ4n) is 3.03. The number of ether oxygens (including phenoxy) is 1. The summed E-state index contributed by atoms with van der Waals surface area (Å²) in [6.45, 7) is 4.93. The van der Waals surface area contributed by atoms with Crippen LogP contribution >= 0.6 is 24.0 Å². The summed E-state index contributed by atoms with van der Waals surface area (Å²) in [7, 11) is 0. The molecule has 2 heterocycles. The summed E-state index contributed by atoms with van der Waals surface area (Å²) in [6, 6.07) is 15.7. The third kappa shape index (κ3) is 5.72. The van der Waals surface area contributed by atoms with Crippen molar-refractivity contribution in [3.8, 4) is 0 Å². The van der Waals surface area contributed by atoms with Gasteiger partial charge in [-0.3, -0.25) is 0 Å². The first kappa shape index (κ1) is 22.1. The third-order valence-electron chi connectivity index (χ3n) is 4.62. The zero-order valence-corrected chi connectivity index (χ0v) is 18.2. The van der Waals surface area contributed by atoms with E-state index in [1.165, 1.54) is 5.56 Å². The van der Waals surface area contributed by atoms with Gasteiger partial charge in [0.1, 0.15) is 0 Å². The predicted octanol–water partition coefficient (Wildman–Crippen LogP) is 4.83. The van der Waals surface area contributed by atoms with Gasteiger partial charge in [-0.15, -0.1) is 12.4 Å². The number of anilines is 5. The largest absolute Gasteiger partial charge is 0.378 e. The van der Waals surface area contributed by atoms with Crippen molar-refractivity contribution in [1.82, 2.24) is 15.0 Å². The Balaban J connectivity index is 0.00000256. The van der Waals surface area contributed by atoms with Crippen LogP contribution in [0.1, 0.15) is 12.5 Å². The molecular formula is C21H24Cl2N6O. The van der Waals surface area contributed by atoms with Gasteiger partial charge in [0, 0.05) is 29.5 Å². The van der Waals surface area contributed by atoms with Gasteiger partial charge in [0.05, 0.1) is 13.2 Å². The molecule has 0 bridgehead atoms. The Morgan fingerprint density at radius 1 is 0.933 bits per heavy atom. The number of hydrogen-bond donors (Lipinski definition) is 2. The highest BCUT2D eigenvalue weighted by atomic mass is 35.5. The van der Waals surface area contributed by atoms with E-state index in [-0.39, 0.29) is 12.4 Å². The Morgan fingerprint density at radius 2 is 1.60 bits per heavy atom. The first-order valence-electron chi connectivity index (χ1n) is 9.67. The van der Waals surface area contributed by atoms with E-state index in [9.17, 15) is 0 Å². The van der Waals surface area contributed by atoms with Crippen molar-refractivity contribution in [2.45, 2.75) is 13.3 Å². The molecule has 3 aromatic rings. The molecule has 1 fully saturated rings. The molecule has 1 aliphatic heterocycles. The molecule has 158 valence electrons. The number of aromatic nitrogens is 3. The van der Waals surface area contributed by atoms with Crippen LogP contribution in [-0.4, -0.2) is 41.3 Å². The second-order valence-electron chi connectivity index (χ2n) is 6.69. The normalized spacial score (nSPS) is 13.5. The van der Waals surface area contributed by atoms with E-state index < -0.39 is 0 Å². The van der Waals surface area contributed by atoms with Crippen LogP contribution in [0.5, 0.6) is 0 Å². The molecule has 2 N–H and O–H groups in total. The zero-order valence-electron chi connectivity index (χ0n) is 16.6. The van der Waals surface area contributed by atoms with Crippen LogP contribution in [0.4, 0.5) is 29.2 Å². The number of hydrogen-bond acceptors (Lipinski definition) is 7. The molecule has 2 aromatic carbocycles. The van der Waals surface area contributed by atoms with E-state index in [4.69, 9.17) is 16.3 Å². The van der Waals surface area contributed by atoms with Crippen molar-refractivity contribution in [3.05, 3.63) is 59.1 Å². The predicted molar refractivity (Wildman–Crippen MR) is 124 cm³/mol. The van der Waals surface area contributed by atoms with Gasteiger partial charge in [0.2, 0.25) is 17.8 Å². The van der Waals surface area contributed by atoms with Crippen molar-refractivity contribution in [2.24, 2.45) is 0 Å². The molecule has 0 unspecified atom stereocenters. The lowest BCUT2D eigenvalue weighted by Gasteiger charge is -2.27. The van der Waals surface area contributed by atoms with Crippen molar-refractivity contribution >= 4 is 53.2 Å². The molecule has 0 atom stereocenters. The minimum absolute atomic E-state index is 0. The van der Waals surface area contributed by atoms with Crippen LogP contribution in [0.2, 0.25) is 5.02 Å². The summed E-state index contributed by atoms with van der Waals surface area (Å²) in [4.78, 5) is 15.9. The monoisotopic (exact) mass is 446 g/mol. The van der Waals surface area contributed by atoms with Crippen LogP contribution < -0.4 is 15.5 Å². The van der Waals surface area contributed by atoms with Crippen LogP contribution in [-0.2, 0) is 11.2 Å². The van der Waals surface area contributed by atoms with Crippen LogP contribution in [0, 0.1) is 0 Å². The topological polar surface area (TPSA) is 75.2 Å². The summed E-state index contributed by atoms with van der Waals surface area (Å²) < 4.78 is 5.45. The van der Waals surface area contributed by atoms with Gasteiger partial charge in [-0.2, -0.15) is 15.0 Å². The maximum atomic E-state index is 6.10. The SMILES string of the molecule is CCc1ccc(Nc2nc(Nc3cccc(Cl)c3)nc(N3CCOCC3)n2)cc1.Cl. The highest BCUT2D eigenvalue weighted by Crippen LogP contribution is 2.22. The van der Waals surface area contributed by atoms with E-state index in [0.717, 1.165) is 30.9 Å². The summed E-state index contributed by atoms with van der Waals surface area (Å²) >= 11 is 6.10. The molecule has 4 rings (SSSR count). The Bertz CT molecular complexity index is 964. The van der Waals surface area contributed by atoms with Crippen molar-refractivity contribution < 1.29 is 4.74 Å². The summed E-state index contributed by atoms with van der Waals surface area (Å²) in [6.07, 6.45) is 1.00. The van der Waals surface area contributed by atoms with Gasteiger partial charge in [0.15, 0.2) is 0 Å². The quantitative estimate of drug-likeness (QED) is 0.561. The van der Waals surface area contributed by atoms with Gasteiger partial charge >= 0.3 is 0 Å². The lowest BCUT2D eigenvalue weighted by atomic mass is 10.1. The van der Waals surface area contributed by atoms with E-state index in [0.29, 0.717) is 36.1 Å². The molecule has 9 heteroatoms. The Labute approximate surface area is 187 Å². The van der Waals surface area contributed by atoms with E-state index in [1.807, 2.05) is 36.4 Å². The number of halogens is 2. The number of benzene rings is 2. The average Bonchev–Trinajstić information content (AvgIpc) is 2.75. The average molecular weight is 447 g/mol. The molecule has 0 amide bonds. The second kappa shape index (κ2) is 10.4. The maximum Gasteiger partial charge on any atom is 0.233 e. The fourth-order valence-corrected chi connectivity index (χ4v) is 3.22. The Hall–Kier alpha value is -2.61. The number of morpholine rings is 1. The molecule has 0 radical (unpaired) electrons. The van der Waals surface area contributed by atoms with Crippen LogP contribution in [0.3, 0.4) is 0 Å². The molecular weight excluding hydrogens is 423 g/mol. The van der Waals surface area contributed by atoms with Gasteiger partial charge in [-0.1, -0.05) is 36.7 Å². The van der Waals surface area contributed by atoms with Crippen molar-refractivity contribution in [2.75, 3.05) is 41.8 Å². The molecule has 0 aliphatic carbocycles. The molecule has 0 spiro atoms. The van der Waals surface area contributed by atoms with Crippen LogP contribution in [0.15, 0.2) is 48.5 Å². The zero-order chi connectivity index (χ0) is 20.1. The van der Waals surface area contributed by atoms with Crippen molar-refractivity contribution in [3.63, 3.8) is 0 Å². The molecule has 1 aliphatic rings. The van der Waals surface area contributed by atoms with Gasteiger partial charge in [-0.05, 0) is 42.3 Å². The summed E-state index contributed by atoms with van der Waals surface area (Å²) in [5.41, 5.74) is 3.02. The second-order valence-corrected chi connectivity index (χ2v) is 7.13. The third-order valence-corrected chi connectivity index (χ3v) is 4.85. The van der Waals surface area contributed by atoms with E-state index >= 15 is 0 Å². The van der Waals surface area contributed by atoms with E-state index in [2.05, 4.69) is 49.5 Å². The number of nitrogens with zero attached hydrogens (tertiary/aromatic N) is 4. The van der Waals surface area contributed by atoms with Crippen molar-refractivity contribution in [1.29, 1.82) is 0 Å². The first-order valence-corrected chi connectivity index (χ1v) is 10.0. The number of rotatable bonds is 6. The van der Waals surface area contributed by atoms with Gasteiger partial charge in [0.25, 0.3) is 0 Å². The maximum absolute atomic E-state index is 6.10. The fraction of sp³-hybridized carbons (Fsp3) is 0.286. The first-order chi connectivity index (χ1) is 14.2. The molecule has 1 aromatic heterocycles. The lowest BCUT2D eigenvalue weighted by molar-refractivity contribution is 0.122. The molecule has 0 saturated carbocycles. The highest BCUT2D eigenvalue weighted by molar-refractivity contribution is 6.30. The summed E-state index contributed by atoms with van der Waals surface area (Å²) in [5, 5.41) is 7.16. The van der Waals surface area contributed by atoms with Gasteiger partial charge in [-0.25, -0.2) is 0 Å². The number of aryl methyl sites for hydroxylation is 1. The number of nitrogens with one attached hydrogen (secondary N) is 2. The molecule has 30 heavy (non-hydrogen) atoms. The minimum atomic E-state index is 0. The van der Waals surface area contributed by atoms with Gasteiger partial charge < -0.3 is 20.3 Å². The van der Waals surface area contributed by atoms with E-state index in [1.54, 1.807) is 0 Å². The lowest BCUT2D eigenvalue weighted by Crippen LogP contribution is -2.37. The highest BCUT2D eigenvalue weighted by Gasteiger charge is 2.17. The minimum Gasteiger partial charge on any atom is -0.378 e. The smallest absolute Gasteiger partial charge is 0.233 e.